The first-order chi connectivity index (χ1) is 18.9. The molecule has 0 radical (unpaired) electrons. The minimum atomic E-state index is -0.292. The van der Waals surface area contributed by atoms with Gasteiger partial charge in [-0.25, -0.2) is 19.2 Å². The second kappa shape index (κ2) is 9.52. The molecular weight excluding hydrogens is 519 g/mol. The molecule has 194 valence electrons. The maximum Gasteiger partial charge on any atom is 0.333 e. The number of hydrogen-bond acceptors (Lipinski definition) is 5. The molecule has 0 unspecified atom stereocenters. The number of nitrogens with zero attached hydrogens (tertiary/aromatic N) is 5. The quantitative estimate of drug-likeness (QED) is 0.292. The Hall–Kier alpha value is -4.76. The molecule has 0 fully saturated rings. The Morgan fingerprint density at radius 1 is 1.00 bits per heavy atom. The van der Waals surface area contributed by atoms with Crippen molar-refractivity contribution in [3.63, 3.8) is 0 Å². The van der Waals surface area contributed by atoms with Gasteiger partial charge >= 0.3 is 5.69 Å². The van der Waals surface area contributed by atoms with E-state index in [4.69, 9.17) is 21.3 Å². The number of hydrogen-bond donors (Lipinski definition) is 1. The Morgan fingerprint density at radius 3 is 2.54 bits per heavy atom. The Morgan fingerprint density at radius 2 is 1.82 bits per heavy atom. The molecule has 0 saturated carbocycles. The van der Waals surface area contributed by atoms with Gasteiger partial charge in [-0.2, -0.15) is 0 Å². The lowest BCUT2D eigenvalue weighted by atomic mass is 10.0. The van der Waals surface area contributed by atoms with Gasteiger partial charge in [-0.15, -0.1) is 0 Å². The van der Waals surface area contributed by atoms with Crippen LogP contribution in [0.1, 0.15) is 5.56 Å². The number of rotatable bonds is 5. The average Bonchev–Trinajstić information content (AvgIpc) is 3.50. The van der Waals surface area contributed by atoms with Gasteiger partial charge in [-0.1, -0.05) is 17.7 Å². The first kappa shape index (κ1) is 24.6. The molecule has 6 aromatic rings. The number of halogens is 2. The van der Waals surface area contributed by atoms with Gasteiger partial charge in [0, 0.05) is 36.6 Å². The number of fused-ring (bicyclic) bond motifs is 1. The minimum absolute atomic E-state index is 0.242. The Bertz CT molecular complexity index is 1930. The van der Waals surface area contributed by atoms with E-state index in [0.717, 1.165) is 11.1 Å². The number of benzene rings is 3. The Labute approximate surface area is 227 Å². The number of aryl methyl sites for hydroxylation is 2. The largest absolute Gasteiger partial charge is 0.497 e. The number of ether oxygens (including phenoxy) is 1. The molecule has 8 nitrogen and oxygen atoms in total. The third kappa shape index (κ3) is 4.17. The number of nitrogens with one attached hydrogen (secondary N) is 1. The zero-order valence-electron chi connectivity index (χ0n) is 21.2. The van der Waals surface area contributed by atoms with Gasteiger partial charge in [0.15, 0.2) is 5.82 Å². The third-order valence-electron chi connectivity index (χ3n) is 6.68. The van der Waals surface area contributed by atoms with E-state index in [9.17, 15) is 9.18 Å². The maximum absolute atomic E-state index is 14.1. The Balaban J connectivity index is 1.55. The summed E-state index contributed by atoms with van der Waals surface area (Å²) >= 11 is 6.52. The lowest BCUT2D eigenvalue weighted by molar-refractivity contribution is 0.415. The summed E-state index contributed by atoms with van der Waals surface area (Å²) in [6, 6.07) is 15.8. The van der Waals surface area contributed by atoms with Gasteiger partial charge in [0.25, 0.3) is 0 Å². The van der Waals surface area contributed by atoms with Gasteiger partial charge in [-0.05, 0) is 55.0 Å². The molecule has 0 amide bonds. The van der Waals surface area contributed by atoms with Crippen LogP contribution in [0.15, 0.2) is 78.0 Å². The standard InChI is InChI=1S/C29H22ClFN6O2/c1-16-12-17(4-7-21(16)31)26-27(35-28(34-26)22-15-32-10-11-33-22)18-5-8-24-25(13-18)36(2)29(38)37(24)23-9-6-19(39-3)14-20(23)30/h4-15H,1-3H3,(H,34,35). The molecule has 3 aromatic heterocycles. The molecule has 10 heteroatoms. The molecule has 0 aliphatic heterocycles. The summed E-state index contributed by atoms with van der Waals surface area (Å²) in [5.74, 6) is 0.827. The van der Waals surface area contributed by atoms with Crippen molar-refractivity contribution in [2.45, 2.75) is 6.92 Å². The average molecular weight is 541 g/mol. The van der Waals surface area contributed by atoms with E-state index >= 15 is 0 Å². The summed E-state index contributed by atoms with van der Waals surface area (Å²) in [6.07, 6.45) is 4.80. The highest BCUT2D eigenvalue weighted by Crippen LogP contribution is 2.35. The van der Waals surface area contributed by atoms with E-state index in [0.29, 0.717) is 56.0 Å². The highest BCUT2D eigenvalue weighted by atomic mass is 35.5. The van der Waals surface area contributed by atoms with Crippen LogP contribution in [-0.2, 0) is 7.05 Å². The van der Waals surface area contributed by atoms with E-state index < -0.39 is 0 Å². The molecular formula is C29H22ClFN6O2. The highest BCUT2D eigenvalue weighted by Gasteiger charge is 2.20. The summed E-state index contributed by atoms with van der Waals surface area (Å²) in [6.45, 7) is 1.71. The summed E-state index contributed by atoms with van der Waals surface area (Å²) in [7, 11) is 3.27. The molecule has 0 atom stereocenters. The van der Waals surface area contributed by atoms with Crippen LogP contribution >= 0.6 is 11.6 Å². The number of methoxy groups -OCH3 is 1. The van der Waals surface area contributed by atoms with Crippen molar-refractivity contribution in [2.75, 3.05) is 7.11 Å². The van der Waals surface area contributed by atoms with Gasteiger partial charge < -0.3 is 9.72 Å². The highest BCUT2D eigenvalue weighted by molar-refractivity contribution is 6.32. The SMILES string of the molecule is COc1ccc(-n2c(=O)n(C)c3cc(-c4[nH]c(-c5cnccn5)nc4-c4ccc(F)c(C)c4)ccc32)c(Cl)c1. The topological polar surface area (TPSA) is 90.6 Å². The maximum atomic E-state index is 14.1. The van der Waals surface area contributed by atoms with E-state index in [-0.39, 0.29) is 11.5 Å². The summed E-state index contributed by atoms with van der Waals surface area (Å²) < 4.78 is 22.5. The second-order valence-electron chi connectivity index (χ2n) is 9.06. The van der Waals surface area contributed by atoms with Crippen LogP contribution in [0.5, 0.6) is 5.75 Å². The van der Waals surface area contributed by atoms with Crippen LogP contribution in [0.25, 0.3) is 50.8 Å². The fourth-order valence-corrected chi connectivity index (χ4v) is 4.90. The summed E-state index contributed by atoms with van der Waals surface area (Å²) in [4.78, 5) is 30.1. The predicted octanol–water partition coefficient (Wildman–Crippen LogP) is 5.95. The third-order valence-corrected chi connectivity index (χ3v) is 6.98. The molecule has 0 aliphatic rings. The van der Waals surface area contributed by atoms with Gasteiger partial charge in [0.2, 0.25) is 0 Å². The first-order valence-electron chi connectivity index (χ1n) is 12.0. The minimum Gasteiger partial charge on any atom is -0.497 e. The fraction of sp³-hybridized carbons (Fsp3) is 0.103. The Kier molecular flexibility index (Phi) is 6.00. The van der Waals surface area contributed by atoms with Gasteiger partial charge in [0.1, 0.15) is 17.3 Å². The van der Waals surface area contributed by atoms with Crippen molar-refractivity contribution in [2.24, 2.45) is 7.05 Å². The molecule has 0 spiro atoms. The van der Waals surface area contributed by atoms with Crippen LogP contribution in [0.2, 0.25) is 5.02 Å². The van der Waals surface area contributed by atoms with Crippen molar-refractivity contribution in [1.82, 2.24) is 29.1 Å². The lowest BCUT2D eigenvalue weighted by Gasteiger charge is -2.09. The van der Waals surface area contributed by atoms with E-state index in [1.54, 1.807) is 79.1 Å². The van der Waals surface area contributed by atoms with Crippen molar-refractivity contribution < 1.29 is 9.13 Å². The molecule has 39 heavy (non-hydrogen) atoms. The monoisotopic (exact) mass is 540 g/mol. The van der Waals surface area contributed by atoms with Crippen LogP contribution in [0.4, 0.5) is 4.39 Å². The van der Waals surface area contributed by atoms with Gasteiger partial charge in [-0.3, -0.25) is 14.1 Å². The predicted molar refractivity (Wildman–Crippen MR) is 149 cm³/mol. The molecule has 6 rings (SSSR count). The van der Waals surface area contributed by atoms with E-state index in [2.05, 4.69) is 15.0 Å². The van der Waals surface area contributed by atoms with E-state index in [1.807, 2.05) is 18.2 Å². The normalized spacial score (nSPS) is 11.3. The van der Waals surface area contributed by atoms with Crippen LogP contribution in [-0.4, -0.2) is 36.2 Å². The summed E-state index contributed by atoms with van der Waals surface area (Å²) in [5.41, 5.74) is 5.62. The van der Waals surface area contributed by atoms with Crippen LogP contribution in [0.3, 0.4) is 0 Å². The van der Waals surface area contributed by atoms with Crippen molar-refractivity contribution >= 4 is 22.6 Å². The number of aromatic amines is 1. The van der Waals surface area contributed by atoms with Crippen molar-refractivity contribution in [1.29, 1.82) is 0 Å². The van der Waals surface area contributed by atoms with Crippen molar-refractivity contribution in [3.05, 3.63) is 100 Å². The fourth-order valence-electron chi connectivity index (χ4n) is 4.65. The smallest absolute Gasteiger partial charge is 0.333 e. The molecule has 0 bridgehead atoms. The van der Waals surface area contributed by atoms with E-state index in [1.165, 1.54) is 6.07 Å². The lowest BCUT2D eigenvalue weighted by Crippen LogP contribution is -2.21. The van der Waals surface area contributed by atoms with Crippen LogP contribution in [0, 0.1) is 12.7 Å². The molecule has 0 aliphatic carbocycles. The van der Waals surface area contributed by atoms with Gasteiger partial charge in [0.05, 0.1) is 46.4 Å². The first-order valence-corrected chi connectivity index (χ1v) is 12.4. The van der Waals surface area contributed by atoms with Crippen LogP contribution < -0.4 is 10.4 Å². The van der Waals surface area contributed by atoms with Crippen molar-refractivity contribution in [3.8, 4) is 45.5 Å². The second-order valence-corrected chi connectivity index (χ2v) is 9.47. The molecule has 1 N–H and O–H groups in total. The summed E-state index contributed by atoms with van der Waals surface area (Å²) in [5, 5.41) is 0.393. The zero-order valence-corrected chi connectivity index (χ0v) is 22.0. The zero-order chi connectivity index (χ0) is 27.3. The number of imidazole rings is 2. The number of H-pyrrole nitrogens is 1. The molecule has 3 heterocycles. The molecule has 3 aromatic carbocycles. The number of aromatic nitrogens is 6. The molecule has 0 saturated heterocycles.